The first kappa shape index (κ1) is 28.7. The van der Waals surface area contributed by atoms with E-state index in [4.69, 9.17) is 27.9 Å². The number of ether oxygens (including phenoxy) is 1. The van der Waals surface area contributed by atoms with Crippen molar-refractivity contribution in [1.82, 2.24) is 0 Å². The number of halogens is 2. The van der Waals surface area contributed by atoms with Crippen LogP contribution in [0.4, 0.5) is 17.1 Å². The van der Waals surface area contributed by atoms with Gasteiger partial charge in [-0.1, -0.05) is 41.4 Å². The third-order valence-electron chi connectivity index (χ3n) is 6.30. The number of aryl methyl sites for hydroxylation is 1. The van der Waals surface area contributed by atoms with Crippen molar-refractivity contribution in [2.45, 2.75) is 22.8 Å². The Morgan fingerprint density at radius 2 is 1.49 bits per heavy atom. The highest BCUT2D eigenvalue weighted by Crippen LogP contribution is 2.37. The van der Waals surface area contributed by atoms with Crippen LogP contribution < -0.4 is 19.1 Å². The third kappa shape index (κ3) is 6.13. The van der Waals surface area contributed by atoms with E-state index >= 15 is 0 Å². The van der Waals surface area contributed by atoms with Crippen molar-refractivity contribution in [2.24, 2.45) is 0 Å². The molecule has 13 heteroatoms. The van der Waals surface area contributed by atoms with Crippen molar-refractivity contribution < 1.29 is 26.4 Å². The van der Waals surface area contributed by atoms with Gasteiger partial charge in [0.25, 0.3) is 26.0 Å². The van der Waals surface area contributed by atoms with Crippen LogP contribution in [-0.4, -0.2) is 35.4 Å². The number of anilines is 3. The molecule has 2 N–H and O–H groups in total. The molecule has 1 atom stereocenters. The molecule has 4 aromatic carbocycles. The largest absolute Gasteiger partial charge is 0.476 e. The Hall–Kier alpha value is -3.77. The summed E-state index contributed by atoms with van der Waals surface area (Å²) in [5, 5.41) is 3.45. The van der Waals surface area contributed by atoms with E-state index in [0.29, 0.717) is 32.7 Å². The second kappa shape index (κ2) is 11.2. The molecule has 0 radical (unpaired) electrons. The van der Waals surface area contributed by atoms with Gasteiger partial charge in [0.2, 0.25) is 0 Å². The summed E-state index contributed by atoms with van der Waals surface area (Å²) in [6.07, 6.45) is -1.19. The normalized spacial score (nSPS) is 15.0. The lowest BCUT2D eigenvalue weighted by molar-refractivity contribution is -0.122. The van der Waals surface area contributed by atoms with Crippen molar-refractivity contribution in [3.8, 4) is 5.75 Å². The van der Waals surface area contributed by atoms with Gasteiger partial charge in [-0.05, 0) is 85.3 Å². The van der Waals surface area contributed by atoms with Gasteiger partial charge in [-0.25, -0.2) is 16.8 Å². The molecule has 0 unspecified atom stereocenters. The minimum absolute atomic E-state index is 0.0103. The zero-order valence-corrected chi connectivity index (χ0v) is 24.6. The number of carbonyl (C=O) groups is 1. The van der Waals surface area contributed by atoms with Gasteiger partial charge in [0.15, 0.2) is 6.10 Å². The fourth-order valence-corrected chi connectivity index (χ4v) is 7.04. The van der Waals surface area contributed by atoms with E-state index in [-0.39, 0.29) is 22.1 Å². The summed E-state index contributed by atoms with van der Waals surface area (Å²) in [5.74, 6) is -0.389. The smallest absolute Gasteiger partial charge is 0.267 e. The molecule has 41 heavy (non-hydrogen) atoms. The number of fused-ring (bicyclic) bond motifs is 1. The Balaban J connectivity index is 1.34. The number of amides is 1. The predicted octanol–water partition coefficient (Wildman–Crippen LogP) is 5.70. The first-order chi connectivity index (χ1) is 19.4. The Labute approximate surface area is 247 Å². The first-order valence-corrected chi connectivity index (χ1v) is 15.9. The van der Waals surface area contributed by atoms with Crippen LogP contribution in [0, 0.1) is 6.92 Å². The van der Waals surface area contributed by atoms with Crippen LogP contribution in [0.15, 0.2) is 101 Å². The topological polar surface area (TPSA) is 122 Å². The number of hydrogen-bond acceptors (Lipinski definition) is 6. The van der Waals surface area contributed by atoms with Crippen molar-refractivity contribution in [3.63, 3.8) is 0 Å². The zero-order chi connectivity index (χ0) is 29.4. The van der Waals surface area contributed by atoms with E-state index in [1.807, 2.05) is 0 Å². The van der Waals surface area contributed by atoms with Gasteiger partial charge in [-0.3, -0.25) is 13.8 Å². The third-order valence-corrected chi connectivity index (χ3v) is 9.97. The minimum atomic E-state index is -4.05. The summed E-state index contributed by atoms with van der Waals surface area (Å²) in [6.45, 7) is 1.46. The van der Waals surface area contributed by atoms with Crippen LogP contribution in [0.3, 0.4) is 0 Å². The lowest BCUT2D eigenvalue weighted by Crippen LogP contribution is -2.48. The molecular formula is C28H23Cl2N3O6S2. The van der Waals surface area contributed by atoms with Gasteiger partial charge >= 0.3 is 0 Å². The number of sulfonamides is 2. The molecule has 1 aliphatic rings. The highest BCUT2D eigenvalue weighted by Gasteiger charge is 2.37. The second-order valence-corrected chi connectivity index (χ2v) is 13.6. The number of nitrogens with zero attached hydrogens (tertiary/aromatic N) is 1. The number of hydrogen-bond donors (Lipinski definition) is 2. The molecule has 9 nitrogen and oxygen atoms in total. The zero-order valence-electron chi connectivity index (χ0n) is 21.4. The Bertz CT molecular complexity index is 1830. The highest BCUT2D eigenvalue weighted by atomic mass is 35.5. The molecule has 0 spiro atoms. The first-order valence-electron chi connectivity index (χ1n) is 12.2. The molecule has 0 saturated heterocycles. The molecule has 0 aliphatic carbocycles. The molecule has 0 fully saturated rings. The van der Waals surface area contributed by atoms with Crippen LogP contribution in [-0.2, 0) is 24.8 Å². The number of carbonyl (C=O) groups excluding carboxylic acids is 1. The molecule has 0 aromatic heterocycles. The predicted molar refractivity (Wildman–Crippen MR) is 159 cm³/mol. The van der Waals surface area contributed by atoms with Crippen molar-refractivity contribution in [2.75, 3.05) is 20.9 Å². The summed E-state index contributed by atoms with van der Waals surface area (Å²) < 4.78 is 62.3. The van der Waals surface area contributed by atoms with Gasteiger partial charge in [0.1, 0.15) is 5.75 Å². The summed E-state index contributed by atoms with van der Waals surface area (Å²) in [6, 6.07) is 22.6. The van der Waals surface area contributed by atoms with E-state index < -0.39 is 32.1 Å². The average molecular weight is 633 g/mol. The average Bonchev–Trinajstić information content (AvgIpc) is 2.94. The maximum Gasteiger partial charge on any atom is 0.267 e. The van der Waals surface area contributed by atoms with Gasteiger partial charge in [-0.15, -0.1) is 0 Å². The molecule has 1 aliphatic heterocycles. The van der Waals surface area contributed by atoms with Crippen LogP contribution in [0.5, 0.6) is 5.75 Å². The van der Waals surface area contributed by atoms with E-state index in [9.17, 15) is 21.6 Å². The summed E-state index contributed by atoms with van der Waals surface area (Å²) >= 11 is 11.9. The van der Waals surface area contributed by atoms with Gasteiger partial charge < -0.3 is 10.1 Å². The molecule has 1 amide bonds. The van der Waals surface area contributed by atoms with E-state index in [2.05, 4.69) is 10.0 Å². The molecule has 0 bridgehead atoms. The highest BCUT2D eigenvalue weighted by molar-refractivity contribution is 7.93. The van der Waals surface area contributed by atoms with Gasteiger partial charge in [-0.2, -0.15) is 0 Å². The summed E-state index contributed by atoms with van der Waals surface area (Å²) in [7, 11) is -7.98. The number of benzene rings is 4. The van der Waals surface area contributed by atoms with Crippen LogP contribution in [0.25, 0.3) is 0 Å². The lowest BCUT2D eigenvalue weighted by atomic mass is 10.2. The Morgan fingerprint density at radius 3 is 2.20 bits per heavy atom. The Kier molecular flexibility index (Phi) is 7.89. The quantitative estimate of drug-likeness (QED) is 0.270. The van der Waals surface area contributed by atoms with Crippen molar-refractivity contribution >= 4 is 66.2 Å². The second-order valence-electron chi connectivity index (χ2n) is 9.14. The maximum atomic E-state index is 13.5. The SMILES string of the molecule is Cc1ccc(Cl)cc1NS(=O)(=O)c1ccc(NC(=O)[C@@H]2CN(S(=O)(=O)c3ccc(Cl)cc3)c3ccccc3O2)cc1. The Morgan fingerprint density at radius 1 is 0.854 bits per heavy atom. The van der Waals surface area contributed by atoms with Crippen LogP contribution in [0.2, 0.25) is 10.0 Å². The number of nitrogens with one attached hydrogen (secondary N) is 2. The van der Waals surface area contributed by atoms with E-state index in [1.165, 1.54) is 54.6 Å². The molecule has 5 rings (SSSR count). The van der Waals surface area contributed by atoms with Gasteiger partial charge in [0.05, 0.1) is 27.7 Å². The van der Waals surface area contributed by atoms with Crippen LogP contribution in [0.1, 0.15) is 5.56 Å². The van der Waals surface area contributed by atoms with Crippen molar-refractivity contribution in [1.29, 1.82) is 0 Å². The maximum absolute atomic E-state index is 13.5. The fourth-order valence-electron chi connectivity index (χ4n) is 4.15. The molecule has 4 aromatic rings. The molecule has 212 valence electrons. The van der Waals surface area contributed by atoms with Gasteiger partial charge in [0, 0.05) is 15.7 Å². The minimum Gasteiger partial charge on any atom is -0.476 e. The fraction of sp³-hybridized carbons (Fsp3) is 0.107. The summed E-state index contributed by atoms with van der Waals surface area (Å²) in [5.41, 5.74) is 1.64. The lowest BCUT2D eigenvalue weighted by Gasteiger charge is -2.34. The summed E-state index contributed by atoms with van der Waals surface area (Å²) in [4.78, 5) is 13.2. The monoisotopic (exact) mass is 631 g/mol. The standard InChI is InChI=1S/C28H23Cl2N3O6S2/c1-18-6-7-20(30)16-24(18)32-40(35,36)22-14-10-21(11-15-22)31-28(34)27-17-33(25-4-2-3-5-26(25)39-27)41(37,38)23-12-8-19(29)9-13-23/h2-16,27,32H,17H2,1H3,(H,31,34)/t27-/m0/s1. The number of para-hydroxylation sites is 2. The molecule has 0 saturated carbocycles. The van der Waals surface area contributed by atoms with Crippen molar-refractivity contribution in [3.05, 3.63) is 107 Å². The van der Waals surface area contributed by atoms with E-state index in [1.54, 1.807) is 43.3 Å². The van der Waals surface area contributed by atoms with E-state index in [0.717, 1.165) is 4.31 Å². The molecule has 1 heterocycles. The molecular weight excluding hydrogens is 609 g/mol. The number of rotatable bonds is 7. The van der Waals surface area contributed by atoms with Crippen LogP contribution >= 0.6 is 23.2 Å².